The summed E-state index contributed by atoms with van der Waals surface area (Å²) in [5, 5.41) is 13.9. The van der Waals surface area contributed by atoms with Gasteiger partial charge in [0.05, 0.1) is 23.3 Å². The summed E-state index contributed by atoms with van der Waals surface area (Å²) in [5.74, 6) is -0.781. The zero-order valence-corrected chi connectivity index (χ0v) is 17.1. The molecule has 0 radical (unpaired) electrons. The van der Waals surface area contributed by atoms with Crippen LogP contribution in [0.3, 0.4) is 0 Å². The molecule has 0 aromatic heterocycles. The van der Waals surface area contributed by atoms with Crippen molar-refractivity contribution >= 4 is 23.2 Å². The molecule has 8 heteroatoms. The van der Waals surface area contributed by atoms with Crippen LogP contribution in [0, 0.1) is 10.1 Å². The normalized spacial score (nSPS) is 10.3. The van der Waals surface area contributed by atoms with Gasteiger partial charge < -0.3 is 15.0 Å². The Balaban J connectivity index is 1.82. The van der Waals surface area contributed by atoms with Crippen LogP contribution in [0.2, 0.25) is 0 Å². The number of carbonyl (C=O) groups is 2. The lowest BCUT2D eigenvalue weighted by Crippen LogP contribution is -2.27. The van der Waals surface area contributed by atoms with Crippen LogP contribution in [0.15, 0.2) is 72.8 Å². The van der Waals surface area contributed by atoms with Gasteiger partial charge in [0.1, 0.15) is 0 Å². The molecule has 31 heavy (non-hydrogen) atoms. The summed E-state index contributed by atoms with van der Waals surface area (Å²) < 4.78 is 4.96. The third-order valence-corrected chi connectivity index (χ3v) is 4.65. The van der Waals surface area contributed by atoms with Gasteiger partial charge in [0.2, 0.25) is 0 Å². The number of nitrogens with one attached hydrogen (secondary N) is 1. The fraction of sp³-hybridized carbons (Fsp3) is 0.130. The molecule has 158 valence electrons. The molecule has 0 saturated heterocycles. The largest absolute Gasteiger partial charge is 0.490 e. The molecular formula is C23H21N3O5. The summed E-state index contributed by atoms with van der Waals surface area (Å²) in [6, 6.07) is 20.1. The van der Waals surface area contributed by atoms with Crippen LogP contribution >= 0.6 is 0 Å². The molecule has 3 rings (SSSR count). The van der Waals surface area contributed by atoms with E-state index in [4.69, 9.17) is 4.74 Å². The number of hydrogen-bond donors (Lipinski definition) is 1. The Morgan fingerprint density at radius 1 is 1.03 bits per heavy atom. The number of amides is 2. The Morgan fingerprint density at radius 2 is 1.71 bits per heavy atom. The molecule has 3 aromatic rings. The van der Waals surface area contributed by atoms with E-state index < -0.39 is 10.8 Å². The van der Waals surface area contributed by atoms with Crippen molar-refractivity contribution in [1.29, 1.82) is 0 Å². The highest BCUT2D eigenvalue weighted by molar-refractivity contribution is 6.09. The van der Waals surface area contributed by atoms with Crippen LogP contribution in [0.1, 0.15) is 26.3 Å². The number of carbonyl (C=O) groups excluding carboxylic acids is 2. The lowest BCUT2D eigenvalue weighted by Gasteiger charge is -2.19. The summed E-state index contributed by atoms with van der Waals surface area (Å²) in [6.45, 7) is 0.409. The number of hydrogen-bond acceptors (Lipinski definition) is 5. The summed E-state index contributed by atoms with van der Waals surface area (Å²) in [5.41, 5.74) is 1.37. The van der Waals surface area contributed by atoms with Crippen molar-refractivity contribution in [2.45, 2.75) is 6.54 Å². The van der Waals surface area contributed by atoms with E-state index in [0.717, 1.165) is 11.6 Å². The van der Waals surface area contributed by atoms with Crippen LogP contribution < -0.4 is 10.1 Å². The lowest BCUT2D eigenvalue weighted by atomic mass is 10.1. The van der Waals surface area contributed by atoms with E-state index in [0.29, 0.717) is 17.8 Å². The van der Waals surface area contributed by atoms with E-state index in [2.05, 4.69) is 5.32 Å². The Morgan fingerprint density at radius 3 is 2.39 bits per heavy atom. The first-order valence-electron chi connectivity index (χ1n) is 9.43. The van der Waals surface area contributed by atoms with Crippen molar-refractivity contribution in [2.24, 2.45) is 0 Å². The van der Waals surface area contributed by atoms with E-state index in [-0.39, 0.29) is 22.9 Å². The number of rotatable bonds is 7. The first-order chi connectivity index (χ1) is 14.9. The van der Waals surface area contributed by atoms with Gasteiger partial charge >= 0.3 is 5.69 Å². The number of anilines is 1. The Bertz CT molecular complexity index is 1120. The summed E-state index contributed by atoms with van der Waals surface area (Å²) in [4.78, 5) is 37.9. The molecule has 2 amide bonds. The van der Waals surface area contributed by atoms with Crippen molar-refractivity contribution in [3.8, 4) is 5.75 Å². The maximum atomic E-state index is 13.0. The molecule has 0 spiro atoms. The second-order valence-corrected chi connectivity index (χ2v) is 6.79. The van der Waals surface area contributed by atoms with Crippen molar-refractivity contribution in [2.75, 3.05) is 19.5 Å². The predicted octanol–water partition coefficient (Wildman–Crippen LogP) is 4.13. The van der Waals surface area contributed by atoms with Gasteiger partial charge in [-0.3, -0.25) is 19.7 Å². The number of nitrogens with zero attached hydrogens (tertiary/aromatic N) is 2. The number of methoxy groups -OCH3 is 1. The number of benzene rings is 3. The summed E-state index contributed by atoms with van der Waals surface area (Å²) in [6.07, 6.45) is 0. The van der Waals surface area contributed by atoms with E-state index >= 15 is 0 Å². The van der Waals surface area contributed by atoms with Crippen molar-refractivity contribution in [3.05, 3.63) is 99.6 Å². The van der Waals surface area contributed by atoms with Crippen LogP contribution in [0.4, 0.5) is 11.4 Å². The Hall–Kier alpha value is -4.20. The monoisotopic (exact) mass is 419 g/mol. The third-order valence-electron chi connectivity index (χ3n) is 4.65. The molecule has 0 unspecified atom stereocenters. The molecule has 3 aromatic carbocycles. The molecule has 0 aliphatic carbocycles. The molecule has 0 atom stereocenters. The standard InChI is InChI=1S/C23H21N3O5/c1-25(15-16-8-4-3-5-9-16)23(28)18-10-6-7-11-19(18)24-22(27)17-12-13-21(31-2)20(14-17)26(29)30/h3-14H,15H2,1-2H3,(H,24,27). The fourth-order valence-corrected chi connectivity index (χ4v) is 3.08. The predicted molar refractivity (Wildman–Crippen MR) is 116 cm³/mol. The van der Waals surface area contributed by atoms with Gasteiger partial charge in [-0.05, 0) is 29.8 Å². The van der Waals surface area contributed by atoms with Crippen LogP contribution in [-0.4, -0.2) is 35.8 Å². The van der Waals surface area contributed by atoms with E-state index in [9.17, 15) is 19.7 Å². The lowest BCUT2D eigenvalue weighted by molar-refractivity contribution is -0.385. The number of para-hydroxylation sites is 1. The molecule has 0 bridgehead atoms. The van der Waals surface area contributed by atoms with Gasteiger partial charge in [-0.2, -0.15) is 0 Å². The molecular weight excluding hydrogens is 398 g/mol. The van der Waals surface area contributed by atoms with Gasteiger partial charge in [-0.1, -0.05) is 42.5 Å². The van der Waals surface area contributed by atoms with Gasteiger partial charge in [0.15, 0.2) is 5.75 Å². The molecule has 8 nitrogen and oxygen atoms in total. The quantitative estimate of drug-likeness (QED) is 0.458. The Labute approximate surface area is 179 Å². The van der Waals surface area contributed by atoms with Crippen molar-refractivity contribution < 1.29 is 19.2 Å². The molecule has 0 fully saturated rings. The maximum Gasteiger partial charge on any atom is 0.311 e. The van der Waals surface area contributed by atoms with E-state index in [1.807, 2.05) is 30.3 Å². The minimum Gasteiger partial charge on any atom is -0.490 e. The Kier molecular flexibility index (Phi) is 6.61. The molecule has 0 heterocycles. The van der Waals surface area contributed by atoms with Gasteiger partial charge in [0.25, 0.3) is 11.8 Å². The highest BCUT2D eigenvalue weighted by Gasteiger charge is 2.21. The molecule has 1 N–H and O–H groups in total. The second-order valence-electron chi connectivity index (χ2n) is 6.79. The average molecular weight is 419 g/mol. The van der Waals surface area contributed by atoms with E-state index in [1.54, 1.807) is 36.2 Å². The van der Waals surface area contributed by atoms with Gasteiger partial charge in [-0.25, -0.2) is 0 Å². The zero-order chi connectivity index (χ0) is 22.4. The summed E-state index contributed by atoms with van der Waals surface area (Å²) >= 11 is 0. The van der Waals surface area contributed by atoms with Gasteiger partial charge in [0, 0.05) is 25.2 Å². The summed E-state index contributed by atoms with van der Waals surface area (Å²) in [7, 11) is 3.00. The zero-order valence-electron chi connectivity index (χ0n) is 17.1. The highest BCUT2D eigenvalue weighted by Crippen LogP contribution is 2.28. The van der Waals surface area contributed by atoms with Crippen LogP contribution in [-0.2, 0) is 6.54 Å². The number of ether oxygens (including phenoxy) is 1. The van der Waals surface area contributed by atoms with Crippen molar-refractivity contribution in [3.63, 3.8) is 0 Å². The van der Waals surface area contributed by atoms with Crippen molar-refractivity contribution in [1.82, 2.24) is 4.90 Å². The minimum atomic E-state index is -0.619. The molecule has 0 saturated carbocycles. The van der Waals surface area contributed by atoms with Crippen LogP contribution in [0.5, 0.6) is 5.75 Å². The molecule has 0 aliphatic rings. The van der Waals surface area contributed by atoms with Crippen LogP contribution in [0.25, 0.3) is 0 Å². The fourth-order valence-electron chi connectivity index (χ4n) is 3.08. The number of nitro groups is 1. The molecule has 0 aliphatic heterocycles. The SMILES string of the molecule is COc1ccc(C(=O)Nc2ccccc2C(=O)N(C)Cc2ccccc2)cc1[N+](=O)[O-]. The van der Waals surface area contributed by atoms with Gasteiger partial charge in [-0.15, -0.1) is 0 Å². The smallest absolute Gasteiger partial charge is 0.311 e. The first kappa shape index (κ1) is 21.5. The topological polar surface area (TPSA) is 102 Å². The number of nitro benzene ring substituents is 1. The van der Waals surface area contributed by atoms with E-state index in [1.165, 1.54) is 19.2 Å². The maximum absolute atomic E-state index is 13.0. The second kappa shape index (κ2) is 9.53. The minimum absolute atomic E-state index is 0.0552. The highest BCUT2D eigenvalue weighted by atomic mass is 16.6. The average Bonchev–Trinajstić information content (AvgIpc) is 2.79. The third kappa shape index (κ3) is 5.05. The first-order valence-corrected chi connectivity index (χ1v) is 9.43.